The van der Waals surface area contributed by atoms with E-state index in [1.54, 1.807) is 11.0 Å². The second-order valence-corrected chi connectivity index (χ2v) is 10.2. The lowest BCUT2D eigenvalue weighted by molar-refractivity contribution is 0.0790. The van der Waals surface area contributed by atoms with E-state index in [1.165, 1.54) is 25.7 Å². The number of aromatic nitrogens is 1. The maximum atomic E-state index is 12.9. The van der Waals surface area contributed by atoms with E-state index in [0.717, 1.165) is 42.0 Å². The number of pyridine rings is 1. The summed E-state index contributed by atoms with van der Waals surface area (Å²) < 4.78 is 0. The molecule has 2 aromatic rings. The lowest BCUT2D eigenvalue weighted by atomic mass is 9.76. The molecule has 1 amide bonds. The molecule has 1 fully saturated rings. The number of fused-ring (bicyclic) bond motifs is 3. The average molecular weight is 491 g/mol. The van der Waals surface area contributed by atoms with Crippen molar-refractivity contribution in [3.63, 3.8) is 0 Å². The first kappa shape index (κ1) is 23.8. The number of hydrazone groups is 1. The van der Waals surface area contributed by atoms with Crippen LogP contribution in [-0.4, -0.2) is 54.7 Å². The molecule has 1 aromatic heterocycles. The van der Waals surface area contributed by atoms with Gasteiger partial charge in [0.1, 0.15) is 11.8 Å². The fraction of sp³-hybridized carbons (Fsp3) is 0.481. The minimum atomic E-state index is -0.0591. The third-order valence-corrected chi connectivity index (χ3v) is 8.00. The number of benzene rings is 1. The van der Waals surface area contributed by atoms with Gasteiger partial charge in [0.25, 0.3) is 5.91 Å². The van der Waals surface area contributed by atoms with Crippen LogP contribution in [0.3, 0.4) is 0 Å². The van der Waals surface area contributed by atoms with Crippen LogP contribution in [0.5, 0.6) is 0 Å². The van der Waals surface area contributed by atoms with E-state index in [2.05, 4.69) is 16.4 Å². The van der Waals surface area contributed by atoms with Crippen LogP contribution in [0.25, 0.3) is 0 Å². The van der Waals surface area contributed by atoms with Gasteiger partial charge in [-0.05, 0) is 69.0 Å². The molecule has 5 rings (SSSR count). The molecular weight excluding hydrogens is 460 g/mol. The Morgan fingerprint density at radius 3 is 2.77 bits per heavy atom. The van der Waals surface area contributed by atoms with Gasteiger partial charge in [-0.15, -0.1) is 0 Å². The summed E-state index contributed by atoms with van der Waals surface area (Å²) in [6, 6.07) is 11.9. The standard InChI is InChI=1S/C27H31ClN6O/c1-30-13-14-33(2)27(35)24-12-9-20-23(31-24)11-10-21-25(20)32-34(26(21)17-5-3-4-6-17)19-8-7-18(16-29)22(28)15-19/h7-9,12,15,17,21,26,30H,3-6,10-11,13-14H2,1-2H3. The predicted molar refractivity (Wildman–Crippen MR) is 138 cm³/mol. The Morgan fingerprint density at radius 2 is 2.06 bits per heavy atom. The van der Waals surface area contributed by atoms with E-state index in [4.69, 9.17) is 21.7 Å². The molecule has 35 heavy (non-hydrogen) atoms. The Bertz CT molecular complexity index is 1200. The summed E-state index contributed by atoms with van der Waals surface area (Å²) in [6.45, 7) is 1.37. The van der Waals surface area contributed by atoms with Crippen LogP contribution in [0.4, 0.5) is 5.69 Å². The van der Waals surface area contributed by atoms with Crippen LogP contribution in [0.1, 0.15) is 59.4 Å². The van der Waals surface area contributed by atoms with Crippen molar-refractivity contribution in [3.8, 4) is 6.07 Å². The zero-order valence-corrected chi connectivity index (χ0v) is 21.1. The lowest BCUT2D eigenvalue weighted by Gasteiger charge is -2.34. The molecule has 0 saturated heterocycles. The number of nitrogens with one attached hydrogen (secondary N) is 1. The first-order valence-electron chi connectivity index (χ1n) is 12.5. The summed E-state index contributed by atoms with van der Waals surface area (Å²) in [6.07, 6.45) is 6.75. The monoisotopic (exact) mass is 490 g/mol. The molecule has 0 spiro atoms. The van der Waals surface area contributed by atoms with Crippen molar-refractivity contribution in [1.29, 1.82) is 5.26 Å². The highest BCUT2D eigenvalue weighted by atomic mass is 35.5. The number of nitrogens with zero attached hydrogens (tertiary/aromatic N) is 5. The van der Waals surface area contributed by atoms with Gasteiger partial charge >= 0.3 is 0 Å². The van der Waals surface area contributed by atoms with Crippen molar-refractivity contribution in [3.05, 3.63) is 57.9 Å². The van der Waals surface area contributed by atoms with Gasteiger partial charge in [0.05, 0.1) is 33.7 Å². The molecule has 2 atom stereocenters. The number of rotatable bonds is 6. The van der Waals surface area contributed by atoms with Crippen molar-refractivity contribution >= 4 is 28.9 Å². The Balaban J connectivity index is 1.49. The Labute approximate surface area is 211 Å². The molecule has 3 aliphatic rings. The highest BCUT2D eigenvalue weighted by Crippen LogP contribution is 2.44. The Kier molecular flexibility index (Phi) is 6.77. The third-order valence-electron chi connectivity index (χ3n) is 7.69. The van der Waals surface area contributed by atoms with Crippen molar-refractivity contribution in [2.75, 3.05) is 32.2 Å². The van der Waals surface area contributed by atoms with Gasteiger partial charge in [0.15, 0.2) is 0 Å². The van der Waals surface area contributed by atoms with E-state index in [0.29, 0.717) is 34.7 Å². The fourth-order valence-electron chi connectivity index (χ4n) is 5.86. The molecule has 2 aliphatic carbocycles. The molecule has 1 N–H and O–H groups in total. The molecule has 1 aliphatic heterocycles. The number of halogens is 1. The maximum Gasteiger partial charge on any atom is 0.272 e. The van der Waals surface area contributed by atoms with E-state index in [-0.39, 0.29) is 11.9 Å². The highest BCUT2D eigenvalue weighted by Gasteiger charge is 2.46. The van der Waals surface area contributed by atoms with Crippen molar-refractivity contribution in [1.82, 2.24) is 15.2 Å². The zero-order valence-electron chi connectivity index (χ0n) is 20.3. The summed E-state index contributed by atoms with van der Waals surface area (Å²) in [5, 5.41) is 20.1. The van der Waals surface area contributed by atoms with Crippen molar-refractivity contribution in [2.45, 2.75) is 44.6 Å². The number of hydrogen-bond donors (Lipinski definition) is 1. The minimum Gasteiger partial charge on any atom is -0.339 e. The van der Waals surface area contributed by atoms with Crippen molar-refractivity contribution < 1.29 is 4.79 Å². The number of carbonyl (C=O) groups is 1. The van der Waals surface area contributed by atoms with Gasteiger partial charge in [-0.2, -0.15) is 10.4 Å². The smallest absolute Gasteiger partial charge is 0.272 e. The summed E-state index contributed by atoms with van der Waals surface area (Å²) in [5.74, 6) is 0.838. The molecular formula is C27H31ClN6O. The van der Waals surface area contributed by atoms with Gasteiger partial charge in [-0.1, -0.05) is 24.4 Å². The van der Waals surface area contributed by atoms with Crippen LogP contribution < -0.4 is 10.3 Å². The summed E-state index contributed by atoms with van der Waals surface area (Å²) in [4.78, 5) is 19.4. The van der Waals surface area contributed by atoms with Crippen molar-refractivity contribution in [2.24, 2.45) is 16.9 Å². The number of anilines is 1. The molecule has 0 radical (unpaired) electrons. The average Bonchev–Trinajstić information content (AvgIpc) is 3.54. The van der Waals surface area contributed by atoms with Crippen LogP contribution in [0, 0.1) is 23.2 Å². The van der Waals surface area contributed by atoms with Crippen LogP contribution in [0.2, 0.25) is 5.02 Å². The van der Waals surface area contributed by atoms with E-state index in [9.17, 15) is 10.1 Å². The normalized spacial score (nSPS) is 21.3. The molecule has 1 aromatic carbocycles. The summed E-state index contributed by atoms with van der Waals surface area (Å²) in [7, 11) is 3.69. The van der Waals surface area contributed by atoms with E-state index >= 15 is 0 Å². The number of aryl methyl sites for hydroxylation is 1. The quantitative estimate of drug-likeness (QED) is 0.654. The van der Waals surface area contributed by atoms with Gasteiger partial charge in [-0.25, -0.2) is 4.98 Å². The van der Waals surface area contributed by atoms with Gasteiger partial charge in [0.2, 0.25) is 0 Å². The fourth-order valence-corrected chi connectivity index (χ4v) is 6.07. The number of likely N-dealkylation sites (N-methyl/N-ethyl adjacent to an activating group) is 2. The maximum absolute atomic E-state index is 12.9. The van der Waals surface area contributed by atoms with Crippen LogP contribution in [-0.2, 0) is 6.42 Å². The number of nitriles is 1. The molecule has 182 valence electrons. The number of amides is 1. The molecule has 8 heteroatoms. The molecule has 2 unspecified atom stereocenters. The third kappa shape index (κ3) is 4.41. The SMILES string of the molecule is CNCCN(C)C(=O)c1ccc2c(n1)CCC1C2=NN(c2ccc(C#N)c(Cl)c2)C1C1CCCC1. The zero-order chi connectivity index (χ0) is 24.5. The first-order chi connectivity index (χ1) is 17.0. The van der Waals surface area contributed by atoms with Gasteiger partial charge in [0, 0.05) is 31.6 Å². The van der Waals surface area contributed by atoms with E-state index < -0.39 is 0 Å². The Morgan fingerprint density at radius 1 is 1.26 bits per heavy atom. The number of hydrogen-bond acceptors (Lipinski definition) is 6. The minimum absolute atomic E-state index is 0.0591. The van der Waals surface area contributed by atoms with E-state index in [1.807, 2.05) is 38.4 Å². The van der Waals surface area contributed by atoms with Gasteiger partial charge < -0.3 is 10.2 Å². The molecule has 1 saturated carbocycles. The largest absolute Gasteiger partial charge is 0.339 e. The predicted octanol–water partition coefficient (Wildman–Crippen LogP) is 4.24. The van der Waals surface area contributed by atoms with Crippen LogP contribution in [0.15, 0.2) is 35.4 Å². The van der Waals surface area contributed by atoms with Gasteiger partial charge in [-0.3, -0.25) is 9.80 Å². The summed E-state index contributed by atoms with van der Waals surface area (Å²) in [5.41, 5.74) is 4.98. The molecule has 0 bridgehead atoms. The topological polar surface area (TPSA) is 84.6 Å². The number of carbonyl (C=O) groups excluding carboxylic acids is 1. The second-order valence-electron chi connectivity index (χ2n) is 9.81. The highest BCUT2D eigenvalue weighted by molar-refractivity contribution is 6.32. The lowest BCUT2D eigenvalue weighted by Crippen LogP contribution is -2.41. The molecule has 7 nitrogen and oxygen atoms in total. The second kappa shape index (κ2) is 9.96. The first-order valence-corrected chi connectivity index (χ1v) is 12.9. The summed E-state index contributed by atoms with van der Waals surface area (Å²) >= 11 is 6.41. The van der Waals surface area contributed by atoms with Crippen LogP contribution >= 0.6 is 11.6 Å². The Hall–Kier alpha value is -2.95. The molecule has 2 heterocycles.